The number of aliphatic hydroxyl groups excluding tert-OH is 2. The lowest BCUT2D eigenvalue weighted by Crippen LogP contribution is -2.49. The van der Waals surface area contributed by atoms with E-state index in [0.29, 0.717) is 37.7 Å². The van der Waals surface area contributed by atoms with Gasteiger partial charge in [-0.05, 0) is 35.7 Å². The van der Waals surface area contributed by atoms with Crippen LogP contribution in [0.2, 0.25) is 0 Å². The minimum Gasteiger partial charge on any atom is -0.394 e. The van der Waals surface area contributed by atoms with Crippen molar-refractivity contribution in [1.29, 1.82) is 0 Å². The Hall–Kier alpha value is -3.53. The van der Waals surface area contributed by atoms with Crippen LogP contribution in [0.1, 0.15) is 22.2 Å². The summed E-state index contributed by atoms with van der Waals surface area (Å²) in [5.41, 5.74) is 2.82. The van der Waals surface area contributed by atoms with Gasteiger partial charge >= 0.3 is 0 Å². The van der Waals surface area contributed by atoms with Crippen LogP contribution >= 0.6 is 11.3 Å². The van der Waals surface area contributed by atoms with E-state index in [-0.39, 0.29) is 19.1 Å². The first-order valence-electron chi connectivity index (χ1n) is 12.6. The molecule has 1 saturated heterocycles. The second-order valence-electron chi connectivity index (χ2n) is 9.10. The fraction of sp³-hybridized carbons (Fsp3) is 0.321. The first-order chi connectivity index (χ1) is 18.1. The van der Waals surface area contributed by atoms with Gasteiger partial charge in [-0.1, -0.05) is 49.4 Å². The molecule has 37 heavy (non-hydrogen) atoms. The molecule has 1 aliphatic heterocycles. The molecule has 0 bridgehead atoms. The lowest BCUT2D eigenvalue weighted by molar-refractivity contribution is 0.0746. The molecule has 0 aliphatic carbocycles. The zero-order chi connectivity index (χ0) is 25.8. The maximum absolute atomic E-state index is 13.3. The molecule has 4 aromatic rings. The molecule has 3 heterocycles. The summed E-state index contributed by atoms with van der Waals surface area (Å²) in [5.74, 6) is 1.30. The molecular weight excluding hydrogens is 486 g/mol. The summed E-state index contributed by atoms with van der Waals surface area (Å²) in [6.45, 7) is 4.46. The number of rotatable bonds is 8. The molecule has 5 rings (SSSR count). The van der Waals surface area contributed by atoms with Crippen LogP contribution in [-0.2, 0) is 6.42 Å². The highest BCUT2D eigenvalue weighted by atomic mass is 32.1. The van der Waals surface area contributed by atoms with Gasteiger partial charge in [0.2, 0.25) is 5.95 Å². The molecule has 2 aromatic heterocycles. The maximum Gasteiger partial charge on any atom is 0.253 e. The number of thiophene rings is 1. The van der Waals surface area contributed by atoms with Gasteiger partial charge in [-0.15, -0.1) is 11.3 Å². The number of fused-ring (bicyclic) bond motifs is 1. The van der Waals surface area contributed by atoms with Crippen LogP contribution in [0.5, 0.6) is 0 Å². The molecule has 0 radical (unpaired) electrons. The van der Waals surface area contributed by atoms with E-state index in [1.165, 1.54) is 4.88 Å². The Morgan fingerprint density at radius 1 is 1.03 bits per heavy atom. The lowest BCUT2D eigenvalue weighted by atomic mass is 10.0. The SMILES string of the molecule is CCc1cc2c(N3CCN(C(=O)c4cccc(-c5ccccc5)c4)CC3)nc(NC[C@H](O)CO)nc2s1. The third kappa shape index (κ3) is 5.58. The van der Waals surface area contributed by atoms with Crippen LogP contribution in [0.4, 0.5) is 11.8 Å². The van der Waals surface area contributed by atoms with Gasteiger partial charge in [-0.3, -0.25) is 4.79 Å². The Morgan fingerprint density at radius 3 is 2.51 bits per heavy atom. The Kier molecular flexibility index (Phi) is 7.64. The first-order valence-corrected chi connectivity index (χ1v) is 13.4. The number of anilines is 2. The summed E-state index contributed by atoms with van der Waals surface area (Å²) in [7, 11) is 0. The van der Waals surface area contributed by atoms with E-state index in [4.69, 9.17) is 10.1 Å². The van der Waals surface area contributed by atoms with Crippen LogP contribution in [0, 0.1) is 0 Å². The zero-order valence-electron chi connectivity index (χ0n) is 20.8. The van der Waals surface area contributed by atoms with Crippen LogP contribution < -0.4 is 10.2 Å². The van der Waals surface area contributed by atoms with Crippen molar-refractivity contribution < 1.29 is 15.0 Å². The van der Waals surface area contributed by atoms with Crippen molar-refractivity contribution in [1.82, 2.24) is 14.9 Å². The van der Waals surface area contributed by atoms with E-state index < -0.39 is 6.10 Å². The second-order valence-corrected chi connectivity index (χ2v) is 10.2. The van der Waals surface area contributed by atoms with Gasteiger partial charge in [0.1, 0.15) is 10.6 Å². The maximum atomic E-state index is 13.3. The van der Waals surface area contributed by atoms with Crippen molar-refractivity contribution in [3.05, 3.63) is 71.1 Å². The van der Waals surface area contributed by atoms with Gasteiger partial charge in [0.15, 0.2) is 0 Å². The molecule has 8 nitrogen and oxygen atoms in total. The first kappa shape index (κ1) is 25.1. The summed E-state index contributed by atoms with van der Waals surface area (Å²) in [6, 6.07) is 20.0. The Morgan fingerprint density at radius 2 is 1.78 bits per heavy atom. The Labute approximate surface area is 220 Å². The molecule has 0 saturated carbocycles. The molecule has 192 valence electrons. The second kappa shape index (κ2) is 11.2. The van der Waals surface area contributed by atoms with Gasteiger partial charge in [-0.2, -0.15) is 4.98 Å². The minimum absolute atomic E-state index is 0.0365. The lowest BCUT2D eigenvalue weighted by Gasteiger charge is -2.35. The van der Waals surface area contributed by atoms with Crippen LogP contribution in [0.15, 0.2) is 60.7 Å². The highest BCUT2D eigenvalue weighted by molar-refractivity contribution is 7.18. The van der Waals surface area contributed by atoms with E-state index >= 15 is 0 Å². The highest BCUT2D eigenvalue weighted by Gasteiger charge is 2.25. The fourth-order valence-corrected chi connectivity index (χ4v) is 5.45. The Balaban J connectivity index is 1.32. The number of amides is 1. The van der Waals surface area contributed by atoms with Gasteiger partial charge in [0.25, 0.3) is 5.91 Å². The monoisotopic (exact) mass is 517 g/mol. The third-order valence-electron chi connectivity index (χ3n) is 6.56. The van der Waals surface area contributed by atoms with Crippen LogP contribution in [0.25, 0.3) is 21.3 Å². The van der Waals surface area contributed by atoms with Crippen molar-refractivity contribution in [3.63, 3.8) is 0 Å². The molecular formula is C28H31N5O3S. The molecule has 0 spiro atoms. The van der Waals surface area contributed by atoms with Gasteiger partial charge < -0.3 is 25.3 Å². The number of aliphatic hydroxyl groups is 2. The predicted molar refractivity (Wildman–Crippen MR) is 148 cm³/mol. The molecule has 1 aliphatic rings. The molecule has 1 atom stereocenters. The number of hydrogen-bond acceptors (Lipinski definition) is 8. The number of aromatic nitrogens is 2. The molecule has 2 aromatic carbocycles. The van der Waals surface area contributed by atoms with Crippen molar-refractivity contribution in [3.8, 4) is 11.1 Å². The van der Waals surface area contributed by atoms with E-state index in [1.807, 2.05) is 59.5 Å². The largest absolute Gasteiger partial charge is 0.394 e. The van der Waals surface area contributed by atoms with E-state index in [1.54, 1.807) is 11.3 Å². The molecule has 9 heteroatoms. The fourth-order valence-electron chi connectivity index (χ4n) is 4.49. The van der Waals surface area contributed by atoms with E-state index in [0.717, 1.165) is 33.6 Å². The quantitative estimate of drug-likeness (QED) is 0.328. The number of benzene rings is 2. The molecule has 1 amide bonds. The molecule has 1 fully saturated rings. The highest BCUT2D eigenvalue weighted by Crippen LogP contribution is 2.33. The number of carbonyl (C=O) groups is 1. The van der Waals surface area contributed by atoms with Crippen molar-refractivity contribution in [2.24, 2.45) is 0 Å². The zero-order valence-corrected chi connectivity index (χ0v) is 21.6. The van der Waals surface area contributed by atoms with Crippen molar-refractivity contribution in [2.45, 2.75) is 19.4 Å². The summed E-state index contributed by atoms with van der Waals surface area (Å²) in [6.07, 6.45) is 0.0313. The normalized spacial score (nSPS) is 14.7. The van der Waals surface area contributed by atoms with Gasteiger partial charge in [0, 0.05) is 43.2 Å². The standard InChI is InChI=1S/C28H31N5O3S/c1-2-23-16-24-25(30-28(31-26(24)37-23)29-17-22(35)18-34)32-11-13-33(14-12-32)27(36)21-10-6-9-20(15-21)19-7-4-3-5-8-19/h3-10,15-16,22,34-35H,2,11-14,17-18H2,1H3,(H,29,30,31)/t22-/m0/s1. The summed E-state index contributed by atoms with van der Waals surface area (Å²) >= 11 is 1.64. The summed E-state index contributed by atoms with van der Waals surface area (Å²) in [4.78, 5) is 29.0. The Bertz CT molecular complexity index is 1370. The number of piperazine rings is 1. The number of nitrogens with zero attached hydrogens (tertiary/aromatic N) is 4. The smallest absolute Gasteiger partial charge is 0.253 e. The number of carbonyl (C=O) groups excluding carboxylic acids is 1. The summed E-state index contributed by atoms with van der Waals surface area (Å²) in [5, 5.41) is 22.9. The average Bonchev–Trinajstić information content (AvgIpc) is 3.39. The van der Waals surface area contributed by atoms with Gasteiger partial charge in [-0.25, -0.2) is 4.98 Å². The summed E-state index contributed by atoms with van der Waals surface area (Å²) < 4.78 is 0. The minimum atomic E-state index is -0.882. The van der Waals surface area contributed by atoms with E-state index in [2.05, 4.69) is 28.2 Å². The van der Waals surface area contributed by atoms with Crippen molar-refractivity contribution in [2.75, 3.05) is 49.5 Å². The topological polar surface area (TPSA) is 102 Å². The number of nitrogens with one attached hydrogen (secondary N) is 1. The van der Waals surface area contributed by atoms with Crippen LogP contribution in [-0.4, -0.2) is 76.4 Å². The third-order valence-corrected chi connectivity index (χ3v) is 7.73. The average molecular weight is 518 g/mol. The molecule has 3 N–H and O–H groups in total. The van der Waals surface area contributed by atoms with Crippen LogP contribution in [0.3, 0.4) is 0 Å². The van der Waals surface area contributed by atoms with Gasteiger partial charge in [0.05, 0.1) is 18.1 Å². The number of hydrogen-bond donors (Lipinski definition) is 3. The molecule has 0 unspecified atom stereocenters. The number of aryl methyl sites for hydroxylation is 1. The van der Waals surface area contributed by atoms with E-state index in [9.17, 15) is 9.90 Å². The van der Waals surface area contributed by atoms with Crippen molar-refractivity contribution >= 4 is 39.2 Å². The predicted octanol–water partition coefficient (Wildman–Crippen LogP) is 3.65.